The second kappa shape index (κ2) is 11.4. The van der Waals surface area contributed by atoms with Crippen LogP contribution in [0.4, 0.5) is 0 Å². The van der Waals surface area contributed by atoms with E-state index in [-0.39, 0.29) is 75.1 Å². The third-order valence-electron chi connectivity index (χ3n) is 8.92. The molecule has 234 valence electrons. The predicted molar refractivity (Wildman–Crippen MR) is 203 cm³/mol. The number of furan rings is 1. The van der Waals surface area contributed by atoms with Crippen molar-refractivity contribution in [1.29, 1.82) is 0 Å². The minimum atomic E-state index is -0.467. The van der Waals surface area contributed by atoms with Crippen molar-refractivity contribution in [2.45, 2.75) is 0 Å². The van der Waals surface area contributed by atoms with Crippen LogP contribution in [0.25, 0.3) is 94.7 Å². The molecule has 0 aliphatic heterocycles. The summed E-state index contributed by atoms with van der Waals surface area (Å²) in [5.41, 5.74) is 5.33. The van der Waals surface area contributed by atoms with Gasteiger partial charge in [-0.15, -0.1) is 0 Å². The highest BCUT2D eigenvalue weighted by atomic mass is 16.3. The van der Waals surface area contributed by atoms with E-state index in [9.17, 15) is 4.11 Å². The standard InChI is InChI=1S/C45H28N4O/c1-3-12-29(13-4-1)30-22-24-31(25-23-30)43-46-44(48-45(47-43)36-18-11-21-41-42(36)35-17-8-10-20-40(35)50-41)32-26-27-39-37(28-32)34-16-7-9-19-38(34)49(39)33-14-5-2-6-15-33/h1-28H/i7D,9D,16D,19D,26D,27D,28D. The number of para-hydroxylation sites is 3. The Kier molecular flexibility index (Phi) is 4.99. The van der Waals surface area contributed by atoms with Crippen molar-refractivity contribution in [1.82, 2.24) is 19.5 Å². The van der Waals surface area contributed by atoms with E-state index in [0.717, 1.165) is 21.9 Å². The molecule has 0 bridgehead atoms. The molecule has 3 aromatic heterocycles. The van der Waals surface area contributed by atoms with E-state index in [1.54, 1.807) is 28.8 Å². The molecule has 50 heavy (non-hydrogen) atoms. The Labute approximate surface area is 297 Å². The average molecular weight is 648 g/mol. The van der Waals surface area contributed by atoms with Gasteiger partial charge in [0.2, 0.25) is 0 Å². The van der Waals surface area contributed by atoms with Gasteiger partial charge in [-0.1, -0.05) is 121 Å². The van der Waals surface area contributed by atoms with E-state index in [2.05, 4.69) is 0 Å². The molecule has 0 amide bonds. The van der Waals surface area contributed by atoms with Crippen LogP contribution in [0.5, 0.6) is 0 Å². The molecule has 3 heterocycles. The number of benzene rings is 7. The van der Waals surface area contributed by atoms with Gasteiger partial charge in [0, 0.05) is 43.9 Å². The molecule has 0 spiro atoms. The van der Waals surface area contributed by atoms with Gasteiger partial charge in [0.25, 0.3) is 0 Å². The predicted octanol–water partition coefficient (Wildman–Crippen LogP) is 11.5. The summed E-state index contributed by atoms with van der Waals surface area (Å²) in [5, 5.41) is 1.81. The molecule has 7 aromatic carbocycles. The smallest absolute Gasteiger partial charge is 0.164 e. The summed E-state index contributed by atoms with van der Waals surface area (Å²) in [7, 11) is 0. The van der Waals surface area contributed by atoms with Crippen LogP contribution in [-0.4, -0.2) is 19.5 Å². The number of fused-ring (bicyclic) bond motifs is 6. The molecule has 10 aromatic rings. The molecule has 0 fully saturated rings. The van der Waals surface area contributed by atoms with Gasteiger partial charge in [0.05, 0.1) is 20.6 Å². The minimum Gasteiger partial charge on any atom is -0.456 e. The zero-order valence-corrected chi connectivity index (χ0v) is 26.3. The third kappa shape index (κ3) is 4.60. The van der Waals surface area contributed by atoms with Crippen molar-refractivity contribution >= 4 is 43.7 Å². The van der Waals surface area contributed by atoms with Gasteiger partial charge in [-0.3, -0.25) is 0 Å². The summed E-state index contributed by atoms with van der Waals surface area (Å²) in [4.78, 5) is 14.8. The van der Waals surface area contributed by atoms with Crippen LogP contribution < -0.4 is 0 Å². The van der Waals surface area contributed by atoms with Crippen LogP contribution in [0.3, 0.4) is 0 Å². The molecule has 0 N–H and O–H groups in total. The summed E-state index contributed by atoms with van der Waals surface area (Å²) in [6, 6.07) is 37.5. The summed E-state index contributed by atoms with van der Waals surface area (Å²) < 4.78 is 71.6. The van der Waals surface area contributed by atoms with Gasteiger partial charge in [-0.25, -0.2) is 15.0 Å². The fourth-order valence-corrected chi connectivity index (χ4v) is 6.60. The second-order valence-corrected chi connectivity index (χ2v) is 11.9. The Hall–Kier alpha value is -6.85. The van der Waals surface area contributed by atoms with Crippen molar-refractivity contribution in [3.63, 3.8) is 0 Å². The zero-order chi connectivity index (χ0) is 39.1. The summed E-state index contributed by atoms with van der Waals surface area (Å²) in [5.74, 6) is 0.510. The van der Waals surface area contributed by atoms with Crippen molar-refractivity contribution in [2.75, 3.05) is 0 Å². The van der Waals surface area contributed by atoms with Gasteiger partial charge < -0.3 is 8.98 Å². The number of hydrogen-bond acceptors (Lipinski definition) is 4. The average Bonchev–Trinajstić information content (AvgIpc) is 3.82. The lowest BCUT2D eigenvalue weighted by Gasteiger charge is -2.11. The molecule has 0 saturated heterocycles. The lowest BCUT2D eigenvalue weighted by Crippen LogP contribution is -2.00. The molecule has 10 rings (SSSR count). The first-order chi connectivity index (χ1) is 27.7. The SMILES string of the molecule is [2H]c1c([2H])c([2H])c2c(c1[2H])c1c([2H])c(-c3nc(-c4ccc(-c5ccccc5)cc4)nc(-c4cccc5oc6ccccc6c45)n3)c([2H])c([2H])c1n2-c1ccccc1. The first kappa shape index (κ1) is 21.9. The molecule has 0 unspecified atom stereocenters. The maximum atomic E-state index is 9.77. The summed E-state index contributed by atoms with van der Waals surface area (Å²) in [6.45, 7) is 0. The fraction of sp³-hybridized carbons (Fsp3) is 0. The van der Waals surface area contributed by atoms with E-state index < -0.39 is 12.1 Å². The van der Waals surface area contributed by atoms with Crippen LogP contribution in [0.1, 0.15) is 9.60 Å². The maximum absolute atomic E-state index is 9.77. The Morgan fingerprint density at radius 3 is 1.94 bits per heavy atom. The summed E-state index contributed by atoms with van der Waals surface area (Å²) >= 11 is 0. The molecule has 0 radical (unpaired) electrons. The fourth-order valence-electron chi connectivity index (χ4n) is 6.60. The maximum Gasteiger partial charge on any atom is 0.164 e. The van der Waals surface area contributed by atoms with Crippen LogP contribution in [0.15, 0.2) is 174 Å². The Morgan fingerprint density at radius 2 is 1.10 bits per heavy atom. The molecule has 0 aliphatic rings. The van der Waals surface area contributed by atoms with Gasteiger partial charge in [-0.05, 0) is 59.6 Å². The number of nitrogens with zero attached hydrogens (tertiary/aromatic N) is 4. The van der Waals surface area contributed by atoms with Crippen molar-refractivity contribution in [3.05, 3.63) is 170 Å². The quantitative estimate of drug-likeness (QED) is 0.186. The third-order valence-corrected chi connectivity index (χ3v) is 8.92. The number of hydrogen-bond donors (Lipinski definition) is 0. The van der Waals surface area contributed by atoms with E-state index in [1.165, 1.54) is 0 Å². The normalized spacial score (nSPS) is 13.6. The van der Waals surface area contributed by atoms with Gasteiger partial charge in [-0.2, -0.15) is 0 Å². The van der Waals surface area contributed by atoms with Crippen LogP contribution in [0, 0.1) is 0 Å². The zero-order valence-electron chi connectivity index (χ0n) is 33.3. The Morgan fingerprint density at radius 1 is 0.460 bits per heavy atom. The first-order valence-electron chi connectivity index (χ1n) is 19.6. The molecule has 5 heteroatoms. The van der Waals surface area contributed by atoms with Crippen molar-refractivity contribution < 1.29 is 14.0 Å². The Bertz CT molecular complexity index is 3260. The van der Waals surface area contributed by atoms with E-state index in [0.29, 0.717) is 28.0 Å². The second-order valence-electron chi connectivity index (χ2n) is 11.9. The lowest BCUT2D eigenvalue weighted by atomic mass is 10.0. The van der Waals surface area contributed by atoms with Gasteiger partial charge in [0.15, 0.2) is 17.5 Å². The van der Waals surface area contributed by atoms with Gasteiger partial charge in [0.1, 0.15) is 11.2 Å². The van der Waals surface area contributed by atoms with Gasteiger partial charge >= 0.3 is 0 Å². The van der Waals surface area contributed by atoms with E-state index >= 15 is 0 Å². The molecule has 0 atom stereocenters. The van der Waals surface area contributed by atoms with E-state index in [4.69, 9.17) is 24.9 Å². The molecule has 5 nitrogen and oxygen atoms in total. The van der Waals surface area contributed by atoms with Crippen LogP contribution >= 0.6 is 0 Å². The minimum absolute atomic E-state index is 0.0289. The van der Waals surface area contributed by atoms with Crippen LogP contribution in [-0.2, 0) is 0 Å². The first-order valence-corrected chi connectivity index (χ1v) is 16.1. The topological polar surface area (TPSA) is 56.7 Å². The molecular formula is C45H28N4O. The van der Waals surface area contributed by atoms with Crippen molar-refractivity contribution in [3.8, 4) is 51.0 Å². The monoisotopic (exact) mass is 647 g/mol. The number of rotatable bonds is 5. The van der Waals surface area contributed by atoms with Crippen LogP contribution in [0.2, 0.25) is 0 Å². The molecule has 0 saturated carbocycles. The van der Waals surface area contributed by atoms with E-state index in [1.807, 2.05) is 103 Å². The Balaban J connectivity index is 1.29. The lowest BCUT2D eigenvalue weighted by molar-refractivity contribution is 0.669. The molecular weight excluding hydrogens is 613 g/mol. The molecule has 0 aliphatic carbocycles. The van der Waals surface area contributed by atoms with Crippen molar-refractivity contribution in [2.24, 2.45) is 0 Å². The highest BCUT2D eigenvalue weighted by Gasteiger charge is 2.19. The highest BCUT2D eigenvalue weighted by Crippen LogP contribution is 2.38. The number of aromatic nitrogens is 4. The summed E-state index contributed by atoms with van der Waals surface area (Å²) in [6.07, 6.45) is 0. The highest BCUT2D eigenvalue weighted by molar-refractivity contribution is 6.12. The largest absolute Gasteiger partial charge is 0.456 e.